The first-order valence-electron chi connectivity index (χ1n) is 5.82. The molecule has 1 heteroatoms. The zero-order valence-corrected chi connectivity index (χ0v) is 9.55. The third-order valence-corrected chi connectivity index (χ3v) is 2.39. The summed E-state index contributed by atoms with van der Waals surface area (Å²) in [7, 11) is 0. The van der Waals surface area contributed by atoms with Crippen molar-refractivity contribution in [2.24, 2.45) is 4.99 Å². The molecule has 0 heterocycles. The monoisotopic (exact) mass is 183 g/mol. The fourth-order valence-electron chi connectivity index (χ4n) is 1.20. The van der Waals surface area contributed by atoms with E-state index in [0.29, 0.717) is 6.04 Å². The van der Waals surface area contributed by atoms with Crippen LogP contribution in [0.5, 0.6) is 0 Å². The molecule has 0 aromatic carbocycles. The molecule has 0 bridgehead atoms. The predicted octanol–water partition coefficient (Wildman–Crippen LogP) is 4.22. The molecule has 0 aliphatic heterocycles. The summed E-state index contributed by atoms with van der Waals surface area (Å²) < 4.78 is 0. The maximum atomic E-state index is 4.44. The van der Waals surface area contributed by atoms with Gasteiger partial charge in [0.05, 0.1) is 0 Å². The van der Waals surface area contributed by atoms with Gasteiger partial charge in [-0.2, -0.15) is 0 Å². The van der Waals surface area contributed by atoms with Gasteiger partial charge in [-0.25, -0.2) is 0 Å². The number of rotatable bonds is 8. The zero-order valence-electron chi connectivity index (χ0n) is 9.55. The molecule has 0 amide bonds. The Balaban J connectivity index is 3.10. The van der Waals surface area contributed by atoms with Gasteiger partial charge in [0.25, 0.3) is 0 Å². The molecule has 0 saturated heterocycles. The minimum absolute atomic E-state index is 0.524. The minimum Gasteiger partial charge on any atom is -0.295 e. The van der Waals surface area contributed by atoms with Crippen LogP contribution in [-0.2, 0) is 0 Å². The zero-order chi connectivity index (χ0) is 9.94. The minimum atomic E-state index is 0.524. The molecule has 0 fully saturated rings. The standard InChI is InChI=1S/C12H25N/c1-4-6-7-8-9-10-11-13-12(3)5-2/h11-12H,4-10H2,1-3H3. The smallest absolute Gasteiger partial charge is 0.0464 e. The molecule has 0 N–H and O–H groups in total. The Morgan fingerprint density at radius 2 is 1.77 bits per heavy atom. The first kappa shape index (κ1) is 12.7. The van der Waals surface area contributed by atoms with Gasteiger partial charge in [0.1, 0.15) is 0 Å². The van der Waals surface area contributed by atoms with Crippen LogP contribution in [0.25, 0.3) is 0 Å². The van der Waals surface area contributed by atoms with Crippen molar-refractivity contribution in [3.8, 4) is 0 Å². The summed E-state index contributed by atoms with van der Waals surface area (Å²) in [6.07, 6.45) is 11.3. The van der Waals surface area contributed by atoms with Crippen molar-refractivity contribution in [1.29, 1.82) is 0 Å². The number of hydrogen-bond donors (Lipinski definition) is 0. The van der Waals surface area contributed by atoms with Gasteiger partial charge in [-0.3, -0.25) is 4.99 Å². The molecule has 0 spiro atoms. The van der Waals surface area contributed by atoms with Gasteiger partial charge in [0, 0.05) is 6.04 Å². The van der Waals surface area contributed by atoms with Crippen LogP contribution in [0.15, 0.2) is 4.99 Å². The van der Waals surface area contributed by atoms with Crippen LogP contribution in [0.2, 0.25) is 0 Å². The fourth-order valence-corrected chi connectivity index (χ4v) is 1.20. The van der Waals surface area contributed by atoms with Crippen molar-refractivity contribution >= 4 is 6.21 Å². The lowest BCUT2D eigenvalue weighted by Crippen LogP contribution is -1.94. The summed E-state index contributed by atoms with van der Waals surface area (Å²) in [5, 5.41) is 0. The van der Waals surface area contributed by atoms with Crippen molar-refractivity contribution < 1.29 is 0 Å². The second kappa shape index (κ2) is 9.76. The number of hydrogen-bond acceptors (Lipinski definition) is 1. The molecular formula is C12H25N. The summed E-state index contributed by atoms with van der Waals surface area (Å²) in [5.41, 5.74) is 0. The van der Waals surface area contributed by atoms with Gasteiger partial charge < -0.3 is 0 Å². The predicted molar refractivity (Wildman–Crippen MR) is 61.6 cm³/mol. The van der Waals surface area contributed by atoms with E-state index in [1.165, 1.54) is 38.5 Å². The summed E-state index contributed by atoms with van der Waals surface area (Å²) in [6, 6.07) is 0.524. The third-order valence-electron chi connectivity index (χ3n) is 2.39. The lowest BCUT2D eigenvalue weighted by Gasteiger charge is -2.00. The molecule has 0 aromatic rings. The average molecular weight is 183 g/mol. The van der Waals surface area contributed by atoms with E-state index in [1.807, 2.05) is 0 Å². The Kier molecular flexibility index (Phi) is 9.51. The van der Waals surface area contributed by atoms with Gasteiger partial charge in [-0.15, -0.1) is 0 Å². The van der Waals surface area contributed by atoms with Crippen LogP contribution in [0, 0.1) is 0 Å². The van der Waals surface area contributed by atoms with Gasteiger partial charge in [-0.05, 0) is 32.4 Å². The van der Waals surface area contributed by atoms with Crippen molar-refractivity contribution in [3.05, 3.63) is 0 Å². The molecule has 0 aromatic heterocycles. The topological polar surface area (TPSA) is 12.4 Å². The van der Waals surface area contributed by atoms with E-state index in [0.717, 1.165) is 6.42 Å². The number of unbranched alkanes of at least 4 members (excludes halogenated alkanes) is 5. The van der Waals surface area contributed by atoms with Gasteiger partial charge in [-0.1, -0.05) is 39.5 Å². The quantitative estimate of drug-likeness (QED) is 0.395. The van der Waals surface area contributed by atoms with Crippen LogP contribution in [-0.4, -0.2) is 12.3 Å². The first-order chi connectivity index (χ1) is 6.31. The Morgan fingerprint density at radius 1 is 1.08 bits per heavy atom. The first-order valence-corrected chi connectivity index (χ1v) is 5.82. The van der Waals surface area contributed by atoms with Crippen LogP contribution in [0.1, 0.15) is 65.7 Å². The molecule has 1 unspecified atom stereocenters. The molecule has 0 rings (SSSR count). The van der Waals surface area contributed by atoms with E-state index in [-0.39, 0.29) is 0 Å². The van der Waals surface area contributed by atoms with E-state index in [2.05, 4.69) is 32.0 Å². The highest BCUT2D eigenvalue weighted by Crippen LogP contribution is 2.04. The van der Waals surface area contributed by atoms with Gasteiger partial charge in [0.15, 0.2) is 0 Å². The maximum Gasteiger partial charge on any atom is 0.0464 e. The second-order valence-electron chi connectivity index (χ2n) is 3.79. The molecule has 0 radical (unpaired) electrons. The normalized spacial score (nSPS) is 13.8. The largest absolute Gasteiger partial charge is 0.295 e. The van der Waals surface area contributed by atoms with E-state index < -0.39 is 0 Å². The van der Waals surface area contributed by atoms with Crippen molar-refractivity contribution in [2.45, 2.75) is 71.8 Å². The summed E-state index contributed by atoms with van der Waals surface area (Å²) in [4.78, 5) is 4.44. The SMILES string of the molecule is CCCCCCCC=NC(C)CC. The molecule has 13 heavy (non-hydrogen) atoms. The number of nitrogens with zero attached hydrogens (tertiary/aromatic N) is 1. The second-order valence-corrected chi connectivity index (χ2v) is 3.79. The lowest BCUT2D eigenvalue weighted by molar-refractivity contribution is 0.643. The Bertz CT molecular complexity index is 118. The van der Waals surface area contributed by atoms with Crippen molar-refractivity contribution in [2.75, 3.05) is 0 Å². The van der Waals surface area contributed by atoms with Crippen LogP contribution < -0.4 is 0 Å². The summed E-state index contributed by atoms with van der Waals surface area (Å²) in [5.74, 6) is 0. The van der Waals surface area contributed by atoms with E-state index >= 15 is 0 Å². The van der Waals surface area contributed by atoms with Gasteiger partial charge >= 0.3 is 0 Å². The van der Waals surface area contributed by atoms with Crippen molar-refractivity contribution in [3.63, 3.8) is 0 Å². The van der Waals surface area contributed by atoms with Crippen LogP contribution in [0.3, 0.4) is 0 Å². The molecule has 78 valence electrons. The van der Waals surface area contributed by atoms with E-state index in [4.69, 9.17) is 0 Å². The van der Waals surface area contributed by atoms with E-state index in [1.54, 1.807) is 0 Å². The molecule has 0 aliphatic rings. The molecule has 1 nitrogen and oxygen atoms in total. The summed E-state index contributed by atoms with van der Waals surface area (Å²) in [6.45, 7) is 6.61. The number of aliphatic imine (C=N–C) groups is 1. The van der Waals surface area contributed by atoms with Crippen molar-refractivity contribution in [1.82, 2.24) is 0 Å². The lowest BCUT2D eigenvalue weighted by atomic mass is 10.1. The highest BCUT2D eigenvalue weighted by molar-refractivity contribution is 5.57. The molecule has 0 aliphatic carbocycles. The fraction of sp³-hybridized carbons (Fsp3) is 0.917. The molecule has 1 atom stereocenters. The highest BCUT2D eigenvalue weighted by atomic mass is 14.7. The Labute approximate surface area is 83.6 Å². The molecular weight excluding hydrogens is 158 g/mol. The Morgan fingerprint density at radius 3 is 2.38 bits per heavy atom. The van der Waals surface area contributed by atoms with E-state index in [9.17, 15) is 0 Å². The van der Waals surface area contributed by atoms with Crippen LogP contribution >= 0.6 is 0 Å². The van der Waals surface area contributed by atoms with Crippen LogP contribution in [0.4, 0.5) is 0 Å². The average Bonchev–Trinajstić information content (AvgIpc) is 2.16. The maximum absolute atomic E-state index is 4.44. The van der Waals surface area contributed by atoms with Gasteiger partial charge in [0.2, 0.25) is 0 Å². The molecule has 0 saturated carbocycles. The highest BCUT2D eigenvalue weighted by Gasteiger charge is 1.90. The summed E-state index contributed by atoms with van der Waals surface area (Å²) >= 11 is 0. The third kappa shape index (κ3) is 9.59. The Hall–Kier alpha value is -0.330.